The molecule has 0 atom stereocenters. The van der Waals surface area contributed by atoms with Gasteiger partial charge in [-0.05, 0) is 55.6 Å². The number of thiazole rings is 1. The number of carbonyl (C=O) groups is 1. The van der Waals surface area contributed by atoms with Crippen LogP contribution in [0.2, 0.25) is 0 Å². The smallest absolute Gasteiger partial charge is 0.258 e. The van der Waals surface area contributed by atoms with E-state index in [1.807, 2.05) is 49.4 Å². The second-order valence-corrected chi connectivity index (χ2v) is 9.10. The van der Waals surface area contributed by atoms with Crippen molar-refractivity contribution in [1.82, 2.24) is 4.57 Å². The summed E-state index contributed by atoms with van der Waals surface area (Å²) in [6.45, 7) is 3.41. The minimum Gasteiger partial charge on any atom is -0.497 e. The molecule has 1 heterocycles. The van der Waals surface area contributed by atoms with Crippen LogP contribution in [0.25, 0.3) is 10.2 Å². The van der Waals surface area contributed by atoms with Gasteiger partial charge in [0.1, 0.15) is 11.5 Å². The van der Waals surface area contributed by atoms with Crippen LogP contribution < -0.4 is 14.3 Å². The van der Waals surface area contributed by atoms with Crippen molar-refractivity contribution in [1.29, 1.82) is 0 Å². The molecule has 0 saturated carbocycles. The lowest BCUT2D eigenvalue weighted by Gasteiger charge is -2.05. The Morgan fingerprint density at radius 1 is 1.17 bits per heavy atom. The zero-order valence-corrected chi connectivity index (χ0v) is 19.2. The summed E-state index contributed by atoms with van der Waals surface area (Å²) in [5, 5.41) is 0. The number of amides is 1. The number of ether oxygens (including phenoxy) is 2. The average Bonchev–Trinajstić information content (AvgIpc) is 3.07. The van der Waals surface area contributed by atoms with Gasteiger partial charge in [0.2, 0.25) is 0 Å². The van der Waals surface area contributed by atoms with Gasteiger partial charge in [-0.2, -0.15) is 16.8 Å². The summed E-state index contributed by atoms with van der Waals surface area (Å²) in [5.41, 5.74) is 1.09. The lowest BCUT2D eigenvalue weighted by Crippen LogP contribution is -2.18. The Balaban J connectivity index is 1.82. The molecule has 0 fully saturated rings. The van der Waals surface area contributed by atoms with Crippen LogP contribution in [0.1, 0.15) is 6.92 Å². The predicted molar refractivity (Wildman–Crippen MR) is 124 cm³/mol. The van der Waals surface area contributed by atoms with Gasteiger partial charge in [-0.25, -0.2) is 0 Å². The van der Waals surface area contributed by atoms with Crippen molar-refractivity contribution in [2.75, 3.05) is 31.5 Å². The van der Waals surface area contributed by atoms with Crippen LogP contribution >= 0.6 is 34.9 Å². The van der Waals surface area contributed by atoms with E-state index in [1.165, 1.54) is 23.1 Å². The van der Waals surface area contributed by atoms with Gasteiger partial charge in [0, 0.05) is 17.2 Å². The van der Waals surface area contributed by atoms with Crippen molar-refractivity contribution in [2.24, 2.45) is 4.99 Å². The number of hydrogen-bond acceptors (Lipinski definition) is 6. The van der Waals surface area contributed by atoms with E-state index < -0.39 is 0 Å². The van der Waals surface area contributed by atoms with E-state index in [4.69, 9.17) is 9.47 Å². The van der Waals surface area contributed by atoms with Gasteiger partial charge in [0.15, 0.2) is 4.80 Å². The maximum absolute atomic E-state index is 12.5. The molecule has 2 aromatic carbocycles. The number of benzene rings is 2. The van der Waals surface area contributed by atoms with Crippen LogP contribution in [-0.2, 0) is 11.3 Å². The van der Waals surface area contributed by atoms with Crippen LogP contribution in [0.15, 0.2) is 52.4 Å². The average molecular weight is 449 g/mol. The van der Waals surface area contributed by atoms with Crippen LogP contribution in [0.4, 0.5) is 0 Å². The molecular weight excluding hydrogens is 424 g/mol. The van der Waals surface area contributed by atoms with Gasteiger partial charge < -0.3 is 14.0 Å². The summed E-state index contributed by atoms with van der Waals surface area (Å²) in [5.74, 6) is 2.76. The van der Waals surface area contributed by atoms with Gasteiger partial charge in [0.05, 0.1) is 29.7 Å². The molecule has 0 N–H and O–H groups in total. The molecule has 1 aromatic heterocycles. The fraction of sp³-hybridized carbons (Fsp3) is 0.333. The first-order valence-corrected chi connectivity index (χ1v) is 12.4. The third kappa shape index (κ3) is 5.81. The molecule has 0 aliphatic heterocycles. The summed E-state index contributed by atoms with van der Waals surface area (Å²) in [6.07, 6.45) is 2.08. The molecule has 3 rings (SSSR count). The number of aromatic nitrogens is 1. The summed E-state index contributed by atoms with van der Waals surface area (Å²) < 4.78 is 14.0. The predicted octanol–water partition coefficient (Wildman–Crippen LogP) is 4.69. The Labute approximate surface area is 183 Å². The number of nitrogens with zero attached hydrogens (tertiary/aromatic N) is 2. The summed E-state index contributed by atoms with van der Waals surface area (Å²) in [7, 11) is 1.64. The number of carbonyl (C=O) groups excluding carboxylic acids is 1. The van der Waals surface area contributed by atoms with Crippen LogP contribution in [0, 0.1) is 0 Å². The number of hydrogen-bond donors (Lipinski definition) is 0. The normalized spacial score (nSPS) is 11.8. The fourth-order valence-electron chi connectivity index (χ4n) is 2.75. The van der Waals surface area contributed by atoms with Crippen LogP contribution in [-0.4, -0.2) is 42.0 Å². The SMILES string of the molecule is CCOc1ccc2c(c1)sc(=NC(=O)CSc1ccc(OC)cc1)n2CCSC. The number of rotatable bonds is 9. The van der Waals surface area contributed by atoms with Gasteiger partial charge >= 0.3 is 0 Å². The lowest BCUT2D eigenvalue weighted by atomic mass is 10.3. The zero-order chi connectivity index (χ0) is 20.6. The highest BCUT2D eigenvalue weighted by molar-refractivity contribution is 8.00. The largest absolute Gasteiger partial charge is 0.497 e. The topological polar surface area (TPSA) is 52.8 Å². The zero-order valence-electron chi connectivity index (χ0n) is 16.7. The highest BCUT2D eigenvalue weighted by Crippen LogP contribution is 2.24. The van der Waals surface area contributed by atoms with Crippen molar-refractivity contribution in [2.45, 2.75) is 18.4 Å². The third-order valence-electron chi connectivity index (χ3n) is 4.13. The van der Waals surface area contributed by atoms with Crippen LogP contribution in [0.5, 0.6) is 11.5 Å². The first-order valence-electron chi connectivity index (χ1n) is 9.24. The molecule has 0 bridgehead atoms. The molecular formula is C21H24N2O3S3. The molecule has 29 heavy (non-hydrogen) atoms. The van der Waals surface area contributed by atoms with Gasteiger partial charge in [0.25, 0.3) is 5.91 Å². The Morgan fingerprint density at radius 2 is 1.93 bits per heavy atom. The summed E-state index contributed by atoms with van der Waals surface area (Å²) >= 11 is 4.78. The highest BCUT2D eigenvalue weighted by atomic mass is 32.2. The van der Waals surface area contributed by atoms with Crippen molar-refractivity contribution >= 4 is 51.0 Å². The molecule has 0 saturated heterocycles. The molecule has 8 heteroatoms. The summed E-state index contributed by atoms with van der Waals surface area (Å²) in [6, 6.07) is 13.7. The molecule has 0 aliphatic carbocycles. The Hall–Kier alpha value is -1.90. The number of aryl methyl sites for hydroxylation is 1. The van der Waals surface area contributed by atoms with Crippen molar-refractivity contribution < 1.29 is 14.3 Å². The highest BCUT2D eigenvalue weighted by Gasteiger charge is 2.10. The quantitative estimate of drug-likeness (QED) is 0.445. The molecule has 3 aromatic rings. The van der Waals surface area contributed by atoms with E-state index in [0.29, 0.717) is 12.4 Å². The van der Waals surface area contributed by atoms with Crippen LogP contribution in [0.3, 0.4) is 0 Å². The van der Waals surface area contributed by atoms with Crippen molar-refractivity contribution in [3.8, 4) is 11.5 Å². The Morgan fingerprint density at radius 3 is 2.62 bits per heavy atom. The van der Waals surface area contributed by atoms with E-state index >= 15 is 0 Å². The lowest BCUT2D eigenvalue weighted by molar-refractivity contribution is -0.115. The monoisotopic (exact) mass is 448 g/mol. The van der Waals surface area contributed by atoms with E-state index in [1.54, 1.807) is 18.9 Å². The molecule has 0 spiro atoms. The maximum atomic E-state index is 12.5. The van der Waals surface area contributed by atoms with Gasteiger partial charge in [-0.3, -0.25) is 4.79 Å². The number of thioether (sulfide) groups is 2. The number of fused-ring (bicyclic) bond motifs is 1. The summed E-state index contributed by atoms with van der Waals surface area (Å²) in [4.78, 5) is 18.7. The standard InChI is InChI=1S/C21H24N2O3S3/c1-4-26-16-7-10-18-19(13-16)29-21(23(18)11-12-27-3)22-20(24)14-28-17-8-5-15(25-2)6-9-17/h5-10,13H,4,11-12,14H2,1-3H3. The maximum Gasteiger partial charge on any atom is 0.258 e. The molecule has 5 nitrogen and oxygen atoms in total. The molecule has 1 amide bonds. The van der Waals surface area contributed by atoms with Crippen molar-refractivity contribution in [3.63, 3.8) is 0 Å². The number of methoxy groups -OCH3 is 1. The van der Waals surface area contributed by atoms with Crippen molar-refractivity contribution in [3.05, 3.63) is 47.3 Å². The van der Waals surface area contributed by atoms with E-state index in [9.17, 15) is 4.79 Å². The molecule has 0 aliphatic rings. The minimum atomic E-state index is -0.139. The molecule has 0 radical (unpaired) electrons. The van der Waals surface area contributed by atoms with Gasteiger partial charge in [-0.15, -0.1) is 11.8 Å². The fourth-order valence-corrected chi connectivity index (χ4v) is 4.90. The first kappa shape index (κ1) is 21.8. The van der Waals surface area contributed by atoms with Gasteiger partial charge in [-0.1, -0.05) is 11.3 Å². The van der Waals surface area contributed by atoms with E-state index in [2.05, 4.69) is 15.8 Å². The second kappa shape index (κ2) is 10.8. The van der Waals surface area contributed by atoms with E-state index in [0.717, 1.165) is 43.7 Å². The second-order valence-electron chi connectivity index (χ2n) is 6.06. The Bertz CT molecular complexity index is 1030. The first-order chi connectivity index (χ1) is 14.1. The third-order valence-corrected chi connectivity index (χ3v) is 6.76. The molecule has 154 valence electrons. The minimum absolute atomic E-state index is 0.139. The Kier molecular flexibility index (Phi) is 8.09. The molecule has 0 unspecified atom stereocenters. The van der Waals surface area contributed by atoms with E-state index in [-0.39, 0.29) is 5.91 Å².